The molecule has 0 aliphatic carbocycles. The Bertz CT molecular complexity index is 1040. The number of methoxy groups -OCH3 is 2. The molecular weight excluding hydrogens is 476 g/mol. The van der Waals surface area contributed by atoms with Gasteiger partial charge in [-0.15, -0.1) is 0 Å². The molecule has 0 unspecified atom stereocenters. The number of carbonyl (C=O) groups excluding carboxylic acids is 2. The number of likely N-dealkylation sites (N-methyl/N-ethyl adjacent to an activating group) is 1. The summed E-state index contributed by atoms with van der Waals surface area (Å²) in [6.07, 6.45) is 0.368. The second-order valence-corrected chi connectivity index (χ2v) is 10.4. The Kier molecular flexibility index (Phi) is 8.80. The van der Waals surface area contributed by atoms with Crippen molar-refractivity contribution in [3.63, 3.8) is 0 Å². The van der Waals surface area contributed by atoms with Crippen LogP contribution in [0.1, 0.15) is 23.7 Å². The van der Waals surface area contributed by atoms with Gasteiger partial charge in [0.2, 0.25) is 10.0 Å². The van der Waals surface area contributed by atoms with Crippen molar-refractivity contribution in [1.29, 1.82) is 0 Å². The number of urea groups is 1. The molecule has 2 fully saturated rings. The molecule has 0 saturated carbocycles. The minimum atomic E-state index is -3.86. The van der Waals surface area contributed by atoms with Gasteiger partial charge in [-0.05, 0) is 26.5 Å². The van der Waals surface area contributed by atoms with E-state index in [4.69, 9.17) is 15.2 Å². The Labute approximate surface area is 206 Å². The molecule has 12 nitrogen and oxygen atoms in total. The Morgan fingerprint density at radius 2 is 1.89 bits per heavy atom. The third-order valence-corrected chi connectivity index (χ3v) is 8.12. The number of nitrogens with zero attached hydrogens (tertiary/aromatic N) is 3. The number of nitrogens with one attached hydrogen (secondary N) is 2. The van der Waals surface area contributed by atoms with Gasteiger partial charge in [0.05, 0.1) is 30.5 Å². The summed E-state index contributed by atoms with van der Waals surface area (Å²) < 4.78 is 37.8. The minimum absolute atomic E-state index is 0.0191. The third kappa shape index (κ3) is 5.97. The first-order chi connectivity index (χ1) is 16.6. The Hall–Kier alpha value is -2.61. The van der Waals surface area contributed by atoms with Crippen LogP contribution in [0, 0.1) is 0 Å². The number of sulfonamides is 1. The predicted molar refractivity (Wildman–Crippen MR) is 131 cm³/mol. The number of benzene rings is 1. The van der Waals surface area contributed by atoms with Crippen molar-refractivity contribution in [2.45, 2.75) is 30.4 Å². The highest BCUT2D eigenvalue weighted by Crippen LogP contribution is 2.29. The minimum Gasteiger partial charge on any atom is -0.496 e. The van der Waals surface area contributed by atoms with Crippen LogP contribution in [0.5, 0.6) is 5.75 Å². The van der Waals surface area contributed by atoms with Gasteiger partial charge in [-0.1, -0.05) is 0 Å². The maximum absolute atomic E-state index is 13.1. The zero-order valence-corrected chi connectivity index (χ0v) is 21.6. The number of nitrogens with two attached hydrogens (primary N) is 1. The quantitative estimate of drug-likeness (QED) is 0.364. The first-order valence-corrected chi connectivity index (χ1v) is 13.1. The number of nitrogen functional groups attached to an aromatic ring is 1. The first kappa shape index (κ1) is 27.0. The topological polar surface area (TPSA) is 147 Å². The molecule has 2 aliphatic rings. The molecule has 3 rings (SSSR count). The van der Waals surface area contributed by atoms with Gasteiger partial charge in [0, 0.05) is 59.0 Å². The molecule has 4 N–H and O–H groups in total. The Morgan fingerprint density at radius 3 is 2.49 bits per heavy atom. The molecule has 3 amide bonds. The van der Waals surface area contributed by atoms with Crippen LogP contribution in [0.4, 0.5) is 10.5 Å². The lowest BCUT2D eigenvalue weighted by molar-refractivity contribution is 0.00513. The van der Waals surface area contributed by atoms with Crippen molar-refractivity contribution in [1.82, 2.24) is 24.7 Å². The molecule has 2 atom stereocenters. The largest absolute Gasteiger partial charge is 0.496 e. The highest BCUT2D eigenvalue weighted by Gasteiger charge is 2.33. The molecule has 2 aliphatic heterocycles. The zero-order chi connectivity index (χ0) is 25.8. The number of likely N-dealkylation sites (tertiary alicyclic amines) is 1. The fraction of sp³-hybridized carbons (Fsp3) is 0.636. The van der Waals surface area contributed by atoms with E-state index in [1.54, 1.807) is 7.11 Å². The molecule has 0 spiro atoms. The maximum Gasteiger partial charge on any atom is 0.320 e. The lowest BCUT2D eigenvalue weighted by Crippen LogP contribution is -2.55. The van der Waals surface area contributed by atoms with E-state index in [2.05, 4.69) is 14.9 Å². The number of anilines is 1. The van der Waals surface area contributed by atoms with E-state index in [0.717, 1.165) is 26.2 Å². The molecular formula is C22H36N6O6S. The van der Waals surface area contributed by atoms with Crippen LogP contribution in [-0.2, 0) is 14.8 Å². The van der Waals surface area contributed by atoms with Gasteiger partial charge < -0.3 is 30.3 Å². The second kappa shape index (κ2) is 11.4. The average Bonchev–Trinajstić information content (AvgIpc) is 3.21. The fourth-order valence-corrected chi connectivity index (χ4v) is 5.36. The summed E-state index contributed by atoms with van der Waals surface area (Å²) in [5, 5.41) is 2.97. The molecule has 35 heavy (non-hydrogen) atoms. The molecule has 13 heteroatoms. The van der Waals surface area contributed by atoms with Crippen LogP contribution in [0.15, 0.2) is 17.0 Å². The molecule has 0 bridgehead atoms. The fourth-order valence-electron chi connectivity index (χ4n) is 4.49. The van der Waals surface area contributed by atoms with Gasteiger partial charge in [-0.25, -0.2) is 17.9 Å². The van der Waals surface area contributed by atoms with Crippen LogP contribution in [0.2, 0.25) is 0 Å². The van der Waals surface area contributed by atoms with Gasteiger partial charge in [-0.3, -0.25) is 9.69 Å². The Balaban J connectivity index is 1.65. The SMILES string of the molecule is CCN1CCN(CCN2CC[C@H](NC(=O)c3cc(S(=O)(=O)NC)c(N)cc3OC)[C@H](OC)C2)C1=O. The molecule has 0 aromatic heterocycles. The van der Waals surface area contributed by atoms with Crippen LogP contribution >= 0.6 is 0 Å². The summed E-state index contributed by atoms with van der Waals surface area (Å²) in [7, 11) is 0.395. The van der Waals surface area contributed by atoms with Crippen LogP contribution in [0.3, 0.4) is 0 Å². The first-order valence-electron chi connectivity index (χ1n) is 11.7. The zero-order valence-electron chi connectivity index (χ0n) is 20.7. The van der Waals surface area contributed by atoms with Crippen molar-refractivity contribution in [3.8, 4) is 5.75 Å². The molecule has 2 heterocycles. The monoisotopic (exact) mass is 512 g/mol. The van der Waals surface area contributed by atoms with E-state index in [1.165, 1.54) is 26.3 Å². The second-order valence-electron chi connectivity index (χ2n) is 8.59. The van der Waals surface area contributed by atoms with E-state index in [9.17, 15) is 18.0 Å². The van der Waals surface area contributed by atoms with Gasteiger partial charge in [0.15, 0.2) is 0 Å². The van der Waals surface area contributed by atoms with Gasteiger partial charge in [0.25, 0.3) is 5.91 Å². The summed E-state index contributed by atoms with van der Waals surface area (Å²) in [6.45, 7) is 6.88. The standard InChI is InChI=1S/C22H36N6O6S/c1-5-27-10-11-28(22(27)30)9-8-26-7-6-17(19(14-26)34-4)25-21(29)15-12-20(35(31,32)24-2)16(23)13-18(15)33-3/h12-13,17,19,24H,5-11,14,23H2,1-4H3,(H,25,29)/t17-,19+/m0/s1. The maximum atomic E-state index is 13.1. The molecule has 196 valence electrons. The van der Waals surface area contributed by atoms with Crippen molar-refractivity contribution in [2.24, 2.45) is 0 Å². The number of amides is 3. The van der Waals surface area contributed by atoms with Crippen LogP contribution in [0.25, 0.3) is 0 Å². The van der Waals surface area contributed by atoms with Crippen LogP contribution < -0.4 is 20.5 Å². The van der Waals surface area contributed by atoms with E-state index in [-0.39, 0.29) is 40.1 Å². The third-order valence-electron chi connectivity index (χ3n) is 6.65. The summed E-state index contributed by atoms with van der Waals surface area (Å²) in [4.78, 5) is 31.2. The van der Waals surface area contributed by atoms with Crippen molar-refractivity contribution >= 4 is 27.6 Å². The van der Waals surface area contributed by atoms with Gasteiger partial charge >= 0.3 is 6.03 Å². The lowest BCUT2D eigenvalue weighted by atomic mass is 10.0. The summed E-state index contributed by atoms with van der Waals surface area (Å²) >= 11 is 0. The summed E-state index contributed by atoms with van der Waals surface area (Å²) in [6, 6.07) is 2.35. The van der Waals surface area contributed by atoms with Crippen LogP contribution in [-0.4, -0.2) is 114 Å². The van der Waals surface area contributed by atoms with Crippen molar-refractivity contribution in [3.05, 3.63) is 17.7 Å². The predicted octanol–water partition coefficient (Wildman–Crippen LogP) is -0.238. The van der Waals surface area contributed by atoms with E-state index < -0.39 is 15.9 Å². The number of piperidine rings is 1. The van der Waals surface area contributed by atoms with Crippen molar-refractivity contribution in [2.75, 3.05) is 72.8 Å². The highest BCUT2D eigenvalue weighted by atomic mass is 32.2. The lowest BCUT2D eigenvalue weighted by Gasteiger charge is -2.38. The number of carbonyl (C=O) groups is 2. The number of hydrogen-bond acceptors (Lipinski definition) is 8. The van der Waals surface area contributed by atoms with Gasteiger partial charge in [-0.2, -0.15) is 0 Å². The molecule has 0 radical (unpaired) electrons. The normalized spacial score (nSPS) is 21.4. The summed E-state index contributed by atoms with van der Waals surface area (Å²) in [5.74, 6) is -0.296. The Morgan fingerprint density at radius 1 is 1.17 bits per heavy atom. The average molecular weight is 513 g/mol. The number of rotatable bonds is 10. The van der Waals surface area contributed by atoms with Gasteiger partial charge in [0.1, 0.15) is 10.6 Å². The molecule has 2 saturated heterocycles. The smallest absolute Gasteiger partial charge is 0.320 e. The van der Waals surface area contributed by atoms with E-state index in [0.29, 0.717) is 26.1 Å². The number of hydrogen-bond donors (Lipinski definition) is 3. The molecule has 1 aromatic carbocycles. The molecule has 1 aromatic rings. The van der Waals surface area contributed by atoms with Crippen molar-refractivity contribution < 1.29 is 27.5 Å². The summed E-state index contributed by atoms with van der Waals surface area (Å²) in [5.41, 5.74) is 5.94. The van der Waals surface area contributed by atoms with E-state index >= 15 is 0 Å². The number of ether oxygens (including phenoxy) is 2. The van der Waals surface area contributed by atoms with E-state index in [1.807, 2.05) is 16.7 Å². The highest BCUT2D eigenvalue weighted by molar-refractivity contribution is 7.89.